The molecule has 2 aromatic carbocycles. The van der Waals surface area contributed by atoms with Crippen LogP contribution in [-0.4, -0.2) is 41.9 Å². The molecule has 4 rings (SSSR count). The van der Waals surface area contributed by atoms with Crippen molar-refractivity contribution in [3.8, 4) is 5.75 Å². The van der Waals surface area contributed by atoms with Crippen molar-refractivity contribution in [1.82, 2.24) is 4.90 Å². The summed E-state index contributed by atoms with van der Waals surface area (Å²) >= 11 is 6.10. The van der Waals surface area contributed by atoms with Crippen molar-refractivity contribution in [3.63, 3.8) is 0 Å². The Morgan fingerprint density at radius 3 is 2.59 bits per heavy atom. The standard InChI is InChI=1S/C24H26ClN3O4/c1-2-32-19-12-10-17(11-13-19)26-22(29)15-27-21-9-4-3-8-20(21)23(30)28(24(27)31)18-7-5-6-16(25)14-18/h5-7,10-14,20-21H,2-4,8-9,15H2,1H3,(H,26,29). The Hall–Kier alpha value is -3.06. The van der Waals surface area contributed by atoms with Gasteiger partial charge in [0.15, 0.2) is 0 Å². The van der Waals surface area contributed by atoms with Crippen LogP contribution < -0.4 is 15.0 Å². The molecule has 1 aliphatic heterocycles. The molecule has 2 atom stereocenters. The van der Waals surface area contributed by atoms with E-state index in [0.29, 0.717) is 35.8 Å². The van der Waals surface area contributed by atoms with E-state index in [4.69, 9.17) is 16.3 Å². The number of rotatable bonds is 6. The normalized spacial score (nSPS) is 20.7. The van der Waals surface area contributed by atoms with Gasteiger partial charge in [0.2, 0.25) is 11.8 Å². The highest BCUT2D eigenvalue weighted by Crippen LogP contribution is 2.37. The van der Waals surface area contributed by atoms with E-state index in [-0.39, 0.29) is 30.3 Å². The molecule has 1 saturated carbocycles. The summed E-state index contributed by atoms with van der Waals surface area (Å²) in [5.41, 5.74) is 1.04. The lowest BCUT2D eigenvalue weighted by Gasteiger charge is -2.46. The number of fused-ring (bicyclic) bond motifs is 1. The van der Waals surface area contributed by atoms with Gasteiger partial charge < -0.3 is 15.0 Å². The van der Waals surface area contributed by atoms with E-state index >= 15 is 0 Å². The van der Waals surface area contributed by atoms with E-state index in [1.807, 2.05) is 6.92 Å². The number of ether oxygens (including phenoxy) is 1. The fourth-order valence-electron chi connectivity index (χ4n) is 4.50. The first kappa shape index (κ1) is 22.1. The molecular weight excluding hydrogens is 430 g/mol. The Kier molecular flexibility index (Phi) is 6.65. The maximum absolute atomic E-state index is 13.4. The number of urea groups is 1. The number of carbonyl (C=O) groups is 3. The van der Waals surface area contributed by atoms with Crippen molar-refractivity contribution in [2.24, 2.45) is 5.92 Å². The molecule has 1 N–H and O–H groups in total. The Morgan fingerprint density at radius 1 is 1.12 bits per heavy atom. The number of imide groups is 1. The number of amides is 4. The molecule has 168 valence electrons. The largest absolute Gasteiger partial charge is 0.494 e. The molecule has 1 saturated heterocycles. The van der Waals surface area contributed by atoms with Crippen molar-refractivity contribution in [3.05, 3.63) is 53.6 Å². The second-order valence-electron chi connectivity index (χ2n) is 8.03. The van der Waals surface area contributed by atoms with Gasteiger partial charge in [-0.3, -0.25) is 9.59 Å². The monoisotopic (exact) mass is 455 g/mol. The van der Waals surface area contributed by atoms with Crippen LogP contribution >= 0.6 is 11.6 Å². The smallest absolute Gasteiger partial charge is 0.332 e. The van der Waals surface area contributed by atoms with Gasteiger partial charge in [0.25, 0.3) is 0 Å². The fraction of sp³-hybridized carbons (Fsp3) is 0.375. The van der Waals surface area contributed by atoms with E-state index in [1.54, 1.807) is 48.5 Å². The summed E-state index contributed by atoms with van der Waals surface area (Å²) < 4.78 is 5.42. The van der Waals surface area contributed by atoms with Gasteiger partial charge in [0, 0.05) is 16.8 Å². The highest BCUT2D eigenvalue weighted by Gasteiger charge is 2.48. The predicted molar refractivity (Wildman–Crippen MR) is 123 cm³/mol. The lowest BCUT2D eigenvalue weighted by atomic mass is 9.81. The second-order valence-corrected chi connectivity index (χ2v) is 8.46. The molecule has 32 heavy (non-hydrogen) atoms. The van der Waals surface area contributed by atoms with Gasteiger partial charge in [0.05, 0.1) is 18.2 Å². The molecule has 2 unspecified atom stereocenters. The number of nitrogens with zero attached hydrogens (tertiary/aromatic N) is 2. The molecule has 7 nitrogen and oxygen atoms in total. The first-order chi connectivity index (χ1) is 15.5. The van der Waals surface area contributed by atoms with Gasteiger partial charge in [-0.05, 0) is 62.2 Å². The lowest BCUT2D eigenvalue weighted by molar-refractivity contribution is -0.128. The molecular formula is C24H26ClN3O4. The van der Waals surface area contributed by atoms with Crippen molar-refractivity contribution >= 4 is 40.8 Å². The molecule has 2 aromatic rings. The number of hydrogen-bond acceptors (Lipinski definition) is 4. The first-order valence-corrected chi connectivity index (χ1v) is 11.3. The first-order valence-electron chi connectivity index (χ1n) is 10.9. The van der Waals surface area contributed by atoms with Crippen molar-refractivity contribution in [2.45, 2.75) is 38.6 Å². The number of benzene rings is 2. The third-order valence-corrected chi connectivity index (χ3v) is 6.17. The van der Waals surface area contributed by atoms with Gasteiger partial charge >= 0.3 is 6.03 Å². The zero-order chi connectivity index (χ0) is 22.7. The Balaban J connectivity index is 1.54. The molecule has 1 heterocycles. The zero-order valence-corrected chi connectivity index (χ0v) is 18.7. The number of nitrogens with one attached hydrogen (secondary N) is 1. The predicted octanol–water partition coefficient (Wildman–Crippen LogP) is 4.70. The third kappa shape index (κ3) is 4.58. The van der Waals surface area contributed by atoms with E-state index < -0.39 is 6.03 Å². The molecule has 0 bridgehead atoms. The van der Waals surface area contributed by atoms with Crippen LogP contribution in [0.5, 0.6) is 5.75 Å². The van der Waals surface area contributed by atoms with Crippen molar-refractivity contribution < 1.29 is 19.1 Å². The summed E-state index contributed by atoms with van der Waals surface area (Å²) in [5, 5.41) is 3.28. The summed E-state index contributed by atoms with van der Waals surface area (Å²) in [5.74, 6) is -0.131. The number of halogens is 1. The van der Waals surface area contributed by atoms with Crippen LogP contribution in [0.1, 0.15) is 32.6 Å². The van der Waals surface area contributed by atoms with Crippen molar-refractivity contribution in [1.29, 1.82) is 0 Å². The van der Waals surface area contributed by atoms with Gasteiger partial charge in [0.1, 0.15) is 12.3 Å². The minimum absolute atomic E-state index is 0.127. The van der Waals surface area contributed by atoms with E-state index in [2.05, 4.69) is 5.32 Å². The Morgan fingerprint density at radius 2 is 1.88 bits per heavy atom. The Labute approximate surface area is 192 Å². The SMILES string of the molecule is CCOc1ccc(NC(=O)CN2C(=O)N(c3cccc(Cl)c3)C(=O)C3CCCCC32)cc1. The van der Waals surface area contributed by atoms with E-state index in [0.717, 1.165) is 18.6 Å². The second kappa shape index (κ2) is 9.61. The van der Waals surface area contributed by atoms with Crippen LogP contribution in [0, 0.1) is 5.92 Å². The molecule has 1 aliphatic carbocycles. The number of hydrogen-bond donors (Lipinski definition) is 1. The average Bonchev–Trinajstić information content (AvgIpc) is 2.78. The highest BCUT2D eigenvalue weighted by atomic mass is 35.5. The molecule has 2 fully saturated rings. The fourth-order valence-corrected chi connectivity index (χ4v) is 4.68. The van der Waals surface area contributed by atoms with Crippen molar-refractivity contribution in [2.75, 3.05) is 23.4 Å². The van der Waals surface area contributed by atoms with E-state index in [9.17, 15) is 14.4 Å². The van der Waals surface area contributed by atoms with Crippen LogP contribution in [-0.2, 0) is 9.59 Å². The molecule has 0 spiro atoms. The van der Waals surface area contributed by atoms with E-state index in [1.165, 1.54) is 9.80 Å². The topological polar surface area (TPSA) is 79.0 Å². The van der Waals surface area contributed by atoms with Crippen LogP contribution in [0.25, 0.3) is 0 Å². The van der Waals surface area contributed by atoms with Crippen LogP contribution in [0.4, 0.5) is 16.2 Å². The molecule has 0 radical (unpaired) electrons. The van der Waals surface area contributed by atoms with Crippen LogP contribution in [0.2, 0.25) is 5.02 Å². The highest BCUT2D eigenvalue weighted by molar-refractivity contribution is 6.31. The lowest BCUT2D eigenvalue weighted by Crippen LogP contribution is -2.64. The molecule has 2 aliphatic rings. The molecule has 4 amide bonds. The quantitative estimate of drug-likeness (QED) is 0.684. The zero-order valence-electron chi connectivity index (χ0n) is 17.9. The Bertz CT molecular complexity index is 1010. The summed E-state index contributed by atoms with van der Waals surface area (Å²) in [6, 6.07) is 13.0. The maximum atomic E-state index is 13.4. The van der Waals surface area contributed by atoms with Gasteiger partial charge in [-0.25, -0.2) is 9.69 Å². The van der Waals surface area contributed by atoms with Gasteiger partial charge in [-0.1, -0.05) is 30.5 Å². The summed E-state index contributed by atoms with van der Waals surface area (Å²) in [4.78, 5) is 42.1. The molecule has 8 heteroatoms. The van der Waals surface area contributed by atoms with Gasteiger partial charge in [-0.2, -0.15) is 0 Å². The minimum atomic E-state index is -0.484. The number of anilines is 2. The summed E-state index contributed by atoms with van der Waals surface area (Å²) in [7, 11) is 0. The maximum Gasteiger partial charge on any atom is 0.332 e. The third-order valence-electron chi connectivity index (χ3n) is 5.93. The molecule has 0 aromatic heterocycles. The summed E-state index contributed by atoms with van der Waals surface area (Å²) in [6.07, 6.45) is 3.26. The summed E-state index contributed by atoms with van der Waals surface area (Å²) in [6.45, 7) is 2.34. The average molecular weight is 456 g/mol. The minimum Gasteiger partial charge on any atom is -0.494 e. The van der Waals surface area contributed by atoms with Crippen LogP contribution in [0.15, 0.2) is 48.5 Å². The van der Waals surface area contributed by atoms with Crippen LogP contribution in [0.3, 0.4) is 0 Å². The van der Waals surface area contributed by atoms with Gasteiger partial charge in [-0.15, -0.1) is 0 Å². The number of carbonyl (C=O) groups excluding carboxylic acids is 3.